The molecule has 1 N–H and O–H groups in total. The van der Waals surface area contributed by atoms with Crippen LogP contribution in [0.2, 0.25) is 0 Å². The Labute approximate surface area is 123 Å². The van der Waals surface area contributed by atoms with Gasteiger partial charge in [0, 0.05) is 36.4 Å². The first kappa shape index (κ1) is 15.4. The summed E-state index contributed by atoms with van der Waals surface area (Å²) in [6.45, 7) is 2.41. The molecule has 6 heteroatoms. The lowest BCUT2D eigenvalue weighted by Gasteiger charge is -2.25. The molecule has 1 aliphatic rings. The van der Waals surface area contributed by atoms with Gasteiger partial charge in [0.2, 0.25) is 0 Å². The fraction of sp³-hybridized carbons (Fsp3) is 0.533. The highest BCUT2D eigenvalue weighted by atomic mass is 16.6. The Morgan fingerprint density at radius 2 is 2.29 bits per heavy atom. The molecule has 2 rings (SSSR count). The molecule has 6 nitrogen and oxygen atoms in total. The third-order valence-corrected chi connectivity index (χ3v) is 4.07. The molecule has 1 atom stereocenters. The predicted molar refractivity (Wildman–Crippen MR) is 78.2 cm³/mol. The summed E-state index contributed by atoms with van der Waals surface area (Å²) in [6.07, 6.45) is 3.31. The van der Waals surface area contributed by atoms with Crippen LogP contribution in [0.4, 0.5) is 5.69 Å². The molecule has 1 saturated heterocycles. The average molecular weight is 292 g/mol. The van der Waals surface area contributed by atoms with Crippen LogP contribution < -0.4 is 0 Å². The lowest BCUT2D eigenvalue weighted by Crippen LogP contribution is -2.36. The average Bonchev–Trinajstić information content (AvgIpc) is 2.92. The van der Waals surface area contributed by atoms with Gasteiger partial charge in [0.05, 0.1) is 4.92 Å². The quantitative estimate of drug-likeness (QED) is 0.666. The molecule has 0 saturated carbocycles. The van der Waals surface area contributed by atoms with Crippen molar-refractivity contribution in [1.29, 1.82) is 0 Å². The van der Waals surface area contributed by atoms with Gasteiger partial charge in [0.25, 0.3) is 11.6 Å². The van der Waals surface area contributed by atoms with E-state index in [0.717, 1.165) is 19.3 Å². The molecule has 1 aromatic carbocycles. The van der Waals surface area contributed by atoms with Crippen molar-refractivity contribution >= 4 is 11.6 Å². The Balaban J connectivity index is 2.23. The Morgan fingerprint density at radius 1 is 1.52 bits per heavy atom. The van der Waals surface area contributed by atoms with E-state index in [2.05, 4.69) is 0 Å². The molecule has 1 fully saturated rings. The number of hydrogen-bond donors (Lipinski definition) is 1. The highest BCUT2D eigenvalue weighted by molar-refractivity contribution is 5.97. The molecule has 1 aliphatic heterocycles. The van der Waals surface area contributed by atoms with Crippen molar-refractivity contribution in [2.75, 3.05) is 13.2 Å². The maximum Gasteiger partial charge on any atom is 0.273 e. The lowest BCUT2D eigenvalue weighted by molar-refractivity contribution is -0.385. The van der Waals surface area contributed by atoms with Crippen LogP contribution in [0.25, 0.3) is 0 Å². The van der Waals surface area contributed by atoms with Crippen LogP contribution in [0.3, 0.4) is 0 Å². The lowest BCUT2D eigenvalue weighted by atomic mass is 10.0. The van der Waals surface area contributed by atoms with E-state index in [-0.39, 0.29) is 24.2 Å². The summed E-state index contributed by atoms with van der Waals surface area (Å²) < 4.78 is 0. The van der Waals surface area contributed by atoms with E-state index in [1.807, 2.05) is 0 Å². The number of amides is 1. The van der Waals surface area contributed by atoms with Crippen LogP contribution in [-0.2, 0) is 0 Å². The maximum atomic E-state index is 12.7. The highest BCUT2D eigenvalue weighted by Gasteiger charge is 2.30. The zero-order valence-electron chi connectivity index (χ0n) is 12.1. The number of nitro groups is 1. The van der Waals surface area contributed by atoms with Gasteiger partial charge in [0.1, 0.15) is 0 Å². The smallest absolute Gasteiger partial charge is 0.273 e. The number of benzene rings is 1. The van der Waals surface area contributed by atoms with Gasteiger partial charge in [-0.25, -0.2) is 0 Å². The number of aliphatic hydroxyl groups excluding tert-OH is 1. The number of aliphatic hydroxyl groups is 1. The Morgan fingerprint density at radius 3 is 2.95 bits per heavy atom. The number of nitrogens with zero attached hydrogens (tertiary/aromatic N) is 2. The van der Waals surface area contributed by atoms with E-state index in [9.17, 15) is 14.9 Å². The highest BCUT2D eigenvalue weighted by Crippen LogP contribution is 2.27. The molecule has 0 radical (unpaired) electrons. The van der Waals surface area contributed by atoms with Crippen LogP contribution in [0.1, 0.15) is 41.6 Å². The van der Waals surface area contributed by atoms with Crippen molar-refractivity contribution in [2.24, 2.45) is 0 Å². The summed E-state index contributed by atoms with van der Waals surface area (Å²) >= 11 is 0. The normalized spacial score (nSPS) is 18.0. The van der Waals surface area contributed by atoms with E-state index in [4.69, 9.17) is 5.11 Å². The molecule has 0 aromatic heterocycles. The second-order valence-corrected chi connectivity index (χ2v) is 5.37. The molecule has 1 aromatic rings. The molecule has 0 spiro atoms. The van der Waals surface area contributed by atoms with Gasteiger partial charge in [0.15, 0.2) is 0 Å². The molecular formula is C15H20N2O4. The van der Waals surface area contributed by atoms with Gasteiger partial charge in [-0.15, -0.1) is 0 Å². The summed E-state index contributed by atoms with van der Waals surface area (Å²) in [6, 6.07) is 4.74. The van der Waals surface area contributed by atoms with Gasteiger partial charge in [-0.2, -0.15) is 0 Å². The largest absolute Gasteiger partial charge is 0.396 e. The molecular weight excluding hydrogens is 272 g/mol. The van der Waals surface area contributed by atoms with Gasteiger partial charge < -0.3 is 10.0 Å². The minimum Gasteiger partial charge on any atom is -0.396 e. The summed E-state index contributed by atoms with van der Waals surface area (Å²) in [5.74, 6) is -0.142. The molecule has 1 amide bonds. The van der Waals surface area contributed by atoms with E-state index >= 15 is 0 Å². The van der Waals surface area contributed by atoms with Gasteiger partial charge in [-0.3, -0.25) is 14.9 Å². The first-order chi connectivity index (χ1) is 10.1. The SMILES string of the molecule is Cc1c(C(=O)N2CCCC2CCCO)cccc1[N+](=O)[O-]. The van der Waals surface area contributed by atoms with Crippen molar-refractivity contribution in [2.45, 2.75) is 38.6 Å². The minimum atomic E-state index is -0.459. The number of likely N-dealkylation sites (tertiary alicyclic amines) is 1. The molecule has 1 heterocycles. The monoisotopic (exact) mass is 292 g/mol. The van der Waals surface area contributed by atoms with Crippen LogP contribution >= 0.6 is 0 Å². The van der Waals surface area contributed by atoms with E-state index < -0.39 is 4.92 Å². The fourth-order valence-electron chi connectivity index (χ4n) is 2.94. The first-order valence-electron chi connectivity index (χ1n) is 7.22. The van der Waals surface area contributed by atoms with Crippen molar-refractivity contribution in [1.82, 2.24) is 4.90 Å². The maximum absolute atomic E-state index is 12.7. The van der Waals surface area contributed by atoms with Crippen LogP contribution in [0.5, 0.6) is 0 Å². The molecule has 1 unspecified atom stereocenters. The molecule has 0 bridgehead atoms. The zero-order chi connectivity index (χ0) is 15.4. The van der Waals surface area contributed by atoms with Crippen LogP contribution in [-0.4, -0.2) is 40.0 Å². The molecule has 21 heavy (non-hydrogen) atoms. The third-order valence-electron chi connectivity index (χ3n) is 4.07. The number of carbonyl (C=O) groups excluding carboxylic acids is 1. The summed E-state index contributed by atoms with van der Waals surface area (Å²) in [4.78, 5) is 25.0. The van der Waals surface area contributed by atoms with E-state index in [1.165, 1.54) is 6.07 Å². The summed E-state index contributed by atoms with van der Waals surface area (Å²) in [5, 5.41) is 19.9. The topological polar surface area (TPSA) is 83.7 Å². The third kappa shape index (κ3) is 3.21. The van der Waals surface area contributed by atoms with Gasteiger partial charge in [-0.05, 0) is 38.7 Å². The van der Waals surface area contributed by atoms with Crippen molar-refractivity contribution in [3.05, 3.63) is 39.4 Å². The number of nitro benzene ring substituents is 1. The Hall–Kier alpha value is -1.95. The van der Waals surface area contributed by atoms with Crippen molar-refractivity contribution in [3.63, 3.8) is 0 Å². The van der Waals surface area contributed by atoms with E-state index in [0.29, 0.717) is 24.1 Å². The van der Waals surface area contributed by atoms with Crippen LogP contribution in [0, 0.1) is 17.0 Å². The number of carbonyl (C=O) groups is 1. The molecule has 114 valence electrons. The van der Waals surface area contributed by atoms with E-state index in [1.54, 1.807) is 24.0 Å². The predicted octanol–water partition coefficient (Wildman–Crippen LogP) is 2.28. The number of hydrogen-bond acceptors (Lipinski definition) is 4. The second-order valence-electron chi connectivity index (χ2n) is 5.37. The van der Waals surface area contributed by atoms with Crippen molar-refractivity contribution < 1.29 is 14.8 Å². The summed E-state index contributed by atoms with van der Waals surface area (Å²) in [5.41, 5.74) is 0.798. The number of rotatable bonds is 5. The second kappa shape index (κ2) is 6.67. The minimum absolute atomic E-state index is 0.0213. The first-order valence-corrected chi connectivity index (χ1v) is 7.22. The zero-order valence-corrected chi connectivity index (χ0v) is 12.1. The van der Waals surface area contributed by atoms with Gasteiger partial charge >= 0.3 is 0 Å². The Kier molecular flexibility index (Phi) is 4.90. The molecule has 0 aliphatic carbocycles. The van der Waals surface area contributed by atoms with Crippen LogP contribution in [0.15, 0.2) is 18.2 Å². The van der Waals surface area contributed by atoms with Gasteiger partial charge in [-0.1, -0.05) is 6.07 Å². The Bertz CT molecular complexity index is 544. The fourth-order valence-corrected chi connectivity index (χ4v) is 2.94. The van der Waals surface area contributed by atoms with Crippen molar-refractivity contribution in [3.8, 4) is 0 Å². The standard InChI is InChI=1S/C15H20N2O4/c1-11-13(7-2-8-14(11)17(20)21)15(19)16-9-3-5-12(16)6-4-10-18/h2,7-8,12,18H,3-6,9-10H2,1H3. The summed E-state index contributed by atoms with van der Waals surface area (Å²) in [7, 11) is 0.